The summed E-state index contributed by atoms with van der Waals surface area (Å²) in [6.45, 7) is 2.84. The van der Waals surface area contributed by atoms with E-state index in [4.69, 9.17) is 0 Å². The van der Waals surface area contributed by atoms with Crippen molar-refractivity contribution in [1.29, 1.82) is 0 Å². The lowest BCUT2D eigenvalue weighted by atomic mass is 9.97. The van der Waals surface area contributed by atoms with Crippen LogP contribution in [0.4, 0.5) is 13.2 Å². The Labute approximate surface area is 147 Å². The fourth-order valence-electron chi connectivity index (χ4n) is 3.19. The van der Waals surface area contributed by atoms with Crippen molar-refractivity contribution in [2.75, 3.05) is 39.5 Å². The van der Waals surface area contributed by atoms with Crippen LogP contribution >= 0.6 is 0 Å². The third-order valence-corrected chi connectivity index (χ3v) is 5.94. The van der Waals surface area contributed by atoms with Crippen molar-refractivity contribution in [3.05, 3.63) is 35.4 Å². The van der Waals surface area contributed by atoms with E-state index < -0.39 is 21.8 Å². The fourth-order valence-corrected chi connectivity index (χ4v) is 3.67. The van der Waals surface area contributed by atoms with Gasteiger partial charge in [-0.1, -0.05) is 18.2 Å². The summed E-state index contributed by atoms with van der Waals surface area (Å²) >= 11 is 0. The van der Waals surface area contributed by atoms with E-state index in [0.29, 0.717) is 25.1 Å². The second-order valence-electron chi connectivity index (χ2n) is 6.80. The van der Waals surface area contributed by atoms with Gasteiger partial charge < -0.3 is 4.90 Å². The van der Waals surface area contributed by atoms with E-state index in [1.807, 2.05) is 0 Å². The quantitative estimate of drug-likeness (QED) is 0.764. The summed E-state index contributed by atoms with van der Waals surface area (Å²) in [4.78, 5) is 2.21. The molecule has 4 nitrogen and oxygen atoms in total. The first-order chi connectivity index (χ1) is 11.6. The summed E-state index contributed by atoms with van der Waals surface area (Å²) in [5, 5.41) is 0. The molecule has 1 aliphatic rings. The molecule has 0 saturated carbocycles. The lowest BCUT2D eigenvalue weighted by Crippen LogP contribution is -2.42. The fraction of sp³-hybridized carbons (Fsp3) is 0.647. The maximum atomic E-state index is 12.8. The molecule has 1 saturated heterocycles. The Morgan fingerprint density at radius 2 is 2.04 bits per heavy atom. The molecule has 1 fully saturated rings. The summed E-state index contributed by atoms with van der Waals surface area (Å²) in [5.74, 6) is 0.259. The zero-order chi connectivity index (χ0) is 18.7. The molecule has 0 aliphatic carbocycles. The van der Waals surface area contributed by atoms with Gasteiger partial charge >= 0.3 is 6.18 Å². The number of rotatable bonds is 6. The molecular formula is C17H25F3N2O2S. The van der Waals surface area contributed by atoms with Gasteiger partial charge in [-0.3, -0.25) is 0 Å². The molecule has 1 aromatic carbocycles. The number of likely N-dealkylation sites (tertiary alicyclic amines) is 1. The van der Waals surface area contributed by atoms with E-state index in [1.165, 1.54) is 22.7 Å². The molecule has 0 N–H and O–H groups in total. The maximum absolute atomic E-state index is 12.8. The summed E-state index contributed by atoms with van der Waals surface area (Å²) in [6.07, 6.45) is -0.618. The first-order valence-electron chi connectivity index (χ1n) is 8.35. The molecule has 0 amide bonds. The van der Waals surface area contributed by atoms with Gasteiger partial charge in [0.2, 0.25) is 10.0 Å². The Balaban J connectivity index is 1.89. The zero-order valence-corrected chi connectivity index (χ0v) is 15.4. The van der Waals surface area contributed by atoms with E-state index in [9.17, 15) is 21.6 Å². The largest absolute Gasteiger partial charge is 0.416 e. The number of benzene rings is 1. The minimum atomic E-state index is -4.32. The van der Waals surface area contributed by atoms with E-state index in [1.54, 1.807) is 13.1 Å². The molecule has 1 aromatic rings. The number of nitrogens with zero attached hydrogens (tertiary/aromatic N) is 2. The van der Waals surface area contributed by atoms with E-state index in [2.05, 4.69) is 4.90 Å². The summed E-state index contributed by atoms with van der Waals surface area (Å²) in [5.41, 5.74) is 0.0569. The van der Waals surface area contributed by atoms with Crippen LogP contribution in [-0.4, -0.2) is 57.1 Å². The summed E-state index contributed by atoms with van der Waals surface area (Å²) in [6, 6.07) is 5.45. The Bertz CT molecular complexity index is 677. The molecule has 0 aromatic heterocycles. The molecule has 1 aliphatic heterocycles. The zero-order valence-electron chi connectivity index (χ0n) is 14.6. The highest BCUT2D eigenvalue weighted by Crippen LogP contribution is 2.29. The van der Waals surface area contributed by atoms with Crippen LogP contribution < -0.4 is 0 Å². The van der Waals surface area contributed by atoms with Gasteiger partial charge in [-0.25, -0.2) is 12.7 Å². The van der Waals surface area contributed by atoms with Crippen molar-refractivity contribution < 1.29 is 21.6 Å². The third-order valence-electron chi connectivity index (χ3n) is 4.66. The van der Waals surface area contributed by atoms with Gasteiger partial charge in [0.15, 0.2) is 0 Å². The van der Waals surface area contributed by atoms with Crippen LogP contribution in [0.2, 0.25) is 0 Å². The maximum Gasteiger partial charge on any atom is 0.416 e. The van der Waals surface area contributed by atoms with Crippen LogP contribution in [0.15, 0.2) is 24.3 Å². The van der Waals surface area contributed by atoms with Crippen molar-refractivity contribution in [1.82, 2.24) is 9.21 Å². The Morgan fingerprint density at radius 3 is 2.68 bits per heavy atom. The van der Waals surface area contributed by atoms with Crippen LogP contribution in [-0.2, 0) is 22.6 Å². The third kappa shape index (κ3) is 6.27. The lowest BCUT2D eigenvalue weighted by Gasteiger charge is -2.34. The first kappa shape index (κ1) is 20.2. The van der Waals surface area contributed by atoms with E-state index in [-0.39, 0.29) is 5.92 Å². The standard InChI is InChI=1S/C17H25F3N2O2S/c1-21(25(2,23)24)12-15-6-4-9-22(13-15)10-8-14-5-3-7-16(11-14)17(18,19)20/h3,5,7,11,15H,4,6,8-10,12-13H2,1-2H3/t15-/m1/s1. The highest BCUT2D eigenvalue weighted by molar-refractivity contribution is 7.88. The van der Waals surface area contributed by atoms with Crippen molar-refractivity contribution in [3.8, 4) is 0 Å². The van der Waals surface area contributed by atoms with Crippen LogP contribution in [0, 0.1) is 5.92 Å². The van der Waals surface area contributed by atoms with Gasteiger partial charge in [0.1, 0.15) is 0 Å². The number of halogens is 3. The lowest BCUT2D eigenvalue weighted by molar-refractivity contribution is -0.137. The van der Waals surface area contributed by atoms with Crippen LogP contribution in [0.1, 0.15) is 24.0 Å². The SMILES string of the molecule is CN(C[C@H]1CCCN(CCc2cccc(C(F)(F)F)c2)C1)S(C)(=O)=O. The van der Waals surface area contributed by atoms with Gasteiger partial charge in [-0.15, -0.1) is 0 Å². The van der Waals surface area contributed by atoms with Crippen molar-refractivity contribution in [3.63, 3.8) is 0 Å². The van der Waals surface area contributed by atoms with Gasteiger partial charge in [-0.05, 0) is 43.4 Å². The van der Waals surface area contributed by atoms with Crippen molar-refractivity contribution >= 4 is 10.0 Å². The Morgan fingerprint density at radius 1 is 1.32 bits per heavy atom. The predicted molar refractivity (Wildman–Crippen MR) is 91.8 cm³/mol. The number of hydrogen-bond acceptors (Lipinski definition) is 3. The predicted octanol–water partition coefficient (Wildman–Crippen LogP) is 2.85. The highest BCUT2D eigenvalue weighted by atomic mass is 32.2. The minimum absolute atomic E-state index is 0.259. The monoisotopic (exact) mass is 378 g/mol. The van der Waals surface area contributed by atoms with Gasteiger partial charge in [0.25, 0.3) is 0 Å². The number of alkyl halides is 3. The molecule has 142 valence electrons. The molecule has 2 rings (SSSR count). The average molecular weight is 378 g/mol. The normalized spacial score (nSPS) is 20.2. The van der Waals surface area contributed by atoms with Crippen LogP contribution in [0.3, 0.4) is 0 Å². The topological polar surface area (TPSA) is 40.6 Å². The average Bonchev–Trinajstić information content (AvgIpc) is 2.52. The van der Waals surface area contributed by atoms with Crippen LogP contribution in [0.5, 0.6) is 0 Å². The molecule has 0 spiro atoms. The summed E-state index contributed by atoms with van der Waals surface area (Å²) in [7, 11) is -1.61. The second kappa shape index (κ2) is 8.05. The molecule has 1 heterocycles. The smallest absolute Gasteiger partial charge is 0.303 e. The van der Waals surface area contributed by atoms with Crippen molar-refractivity contribution in [2.24, 2.45) is 5.92 Å². The highest BCUT2D eigenvalue weighted by Gasteiger charge is 2.30. The number of sulfonamides is 1. The first-order valence-corrected chi connectivity index (χ1v) is 10.2. The molecular weight excluding hydrogens is 353 g/mol. The van der Waals surface area contributed by atoms with Gasteiger partial charge in [0.05, 0.1) is 11.8 Å². The molecule has 1 atom stereocenters. The second-order valence-corrected chi connectivity index (χ2v) is 8.89. The van der Waals surface area contributed by atoms with Crippen molar-refractivity contribution in [2.45, 2.75) is 25.4 Å². The minimum Gasteiger partial charge on any atom is -0.303 e. The molecule has 0 bridgehead atoms. The molecule has 25 heavy (non-hydrogen) atoms. The number of piperidine rings is 1. The summed E-state index contributed by atoms with van der Waals surface area (Å²) < 4.78 is 62.7. The molecule has 8 heteroatoms. The molecule has 0 radical (unpaired) electrons. The molecule has 0 unspecified atom stereocenters. The Hall–Kier alpha value is -1.12. The van der Waals surface area contributed by atoms with E-state index >= 15 is 0 Å². The van der Waals surface area contributed by atoms with Gasteiger partial charge in [-0.2, -0.15) is 13.2 Å². The number of hydrogen-bond donors (Lipinski definition) is 0. The van der Waals surface area contributed by atoms with E-state index in [0.717, 1.165) is 32.0 Å². The Kier molecular flexibility index (Phi) is 6.51. The van der Waals surface area contributed by atoms with Crippen LogP contribution in [0.25, 0.3) is 0 Å². The van der Waals surface area contributed by atoms with Gasteiger partial charge in [0, 0.05) is 26.7 Å².